The smallest absolute Gasteiger partial charge is 0.243 e. The van der Waals surface area contributed by atoms with E-state index in [-0.39, 0.29) is 37.7 Å². The molecular weight excluding hydrogens is 554 g/mol. The van der Waals surface area contributed by atoms with Crippen LogP contribution in [-0.2, 0) is 32.6 Å². The first kappa shape index (κ1) is 32.5. The Kier molecular flexibility index (Phi) is 12.2. The van der Waals surface area contributed by atoms with E-state index < -0.39 is 16.1 Å². The normalized spacial score (nSPS) is 11.8. The van der Waals surface area contributed by atoms with Crippen LogP contribution in [0.15, 0.2) is 78.9 Å². The lowest BCUT2D eigenvalue weighted by molar-refractivity contribution is -0.141. The van der Waals surface area contributed by atoms with E-state index in [4.69, 9.17) is 9.47 Å². The van der Waals surface area contributed by atoms with Gasteiger partial charge in [0, 0.05) is 32.5 Å². The number of anilines is 1. The first-order chi connectivity index (χ1) is 20.2. The molecular formula is C32H41N3O6S. The maximum Gasteiger partial charge on any atom is 0.243 e. The number of rotatable bonds is 16. The Morgan fingerprint density at radius 2 is 1.60 bits per heavy atom. The molecule has 9 nitrogen and oxygen atoms in total. The van der Waals surface area contributed by atoms with Gasteiger partial charge in [0.05, 0.1) is 26.2 Å². The zero-order valence-electron chi connectivity index (χ0n) is 24.8. The van der Waals surface area contributed by atoms with Crippen LogP contribution in [0, 0.1) is 0 Å². The molecule has 0 heterocycles. The molecule has 42 heavy (non-hydrogen) atoms. The second-order valence-electron chi connectivity index (χ2n) is 9.98. The predicted molar refractivity (Wildman–Crippen MR) is 165 cm³/mol. The predicted octanol–water partition coefficient (Wildman–Crippen LogP) is 4.42. The summed E-state index contributed by atoms with van der Waals surface area (Å²) in [6, 6.07) is 23.1. The van der Waals surface area contributed by atoms with Gasteiger partial charge in [0.25, 0.3) is 0 Å². The molecule has 226 valence electrons. The van der Waals surface area contributed by atoms with Crippen molar-refractivity contribution in [3.05, 3.63) is 90.0 Å². The molecule has 0 bridgehead atoms. The van der Waals surface area contributed by atoms with E-state index in [9.17, 15) is 18.0 Å². The van der Waals surface area contributed by atoms with Crippen LogP contribution in [0.25, 0.3) is 0 Å². The number of carbonyl (C=O) groups is 2. The summed E-state index contributed by atoms with van der Waals surface area (Å²) in [7, 11) is -0.596. The molecule has 10 heteroatoms. The fourth-order valence-electron chi connectivity index (χ4n) is 4.71. The van der Waals surface area contributed by atoms with Gasteiger partial charge < -0.3 is 19.7 Å². The topological polar surface area (TPSA) is 105 Å². The molecule has 2 amide bonds. The monoisotopic (exact) mass is 595 g/mol. The minimum Gasteiger partial charge on any atom is -0.497 e. The van der Waals surface area contributed by atoms with Crippen molar-refractivity contribution in [1.29, 1.82) is 0 Å². The van der Waals surface area contributed by atoms with E-state index in [1.807, 2.05) is 61.5 Å². The van der Waals surface area contributed by atoms with Crippen LogP contribution in [0.4, 0.5) is 5.69 Å². The van der Waals surface area contributed by atoms with Gasteiger partial charge in [0.1, 0.15) is 17.5 Å². The van der Waals surface area contributed by atoms with Gasteiger partial charge in [-0.3, -0.25) is 13.9 Å². The number of amides is 2. The second kappa shape index (κ2) is 15.8. The molecule has 0 fully saturated rings. The van der Waals surface area contributed by atoms with E-state index in [1.165, 1.54) is 11.4 Å². The number of ether oxygens (including phenoxy) is 2. The summed E-state index contributed by atoms with van der Waals surface area (Å²) in [6.07, 6.45) is 2.51. The van der Waals surface area contributed by atoms with Crippen LogP contribution < -0.4 is 19.1 Å². The fourth-order valence-corrected chi connectivity index (χ4v) is 5.67. The van der Waals surface area contributed by atoms with E-state index in [1.54, 1.807) is 36.3 Å². The Balaban J connectivity index is 1.90. The number of para-hydroxylation sites is 2. The molecule has 0 aliphatic carbocycles. The Morgan fingerprint density at radius 1 is 0.905 bits per heavy atom. The summed E-state index contributed by atoms with van der Waals surface area (Å²) in [6.45, 7) is 2.73. The molecule has 1 atom stereocenters. The lowest BCUT2D eigenvalue weighted by Gasteiger charge is -2.32. The van der Waals surface area contributed by atoms with Gasteiger partial charge in [-0.25, -0.2) is 8.42 Å². The SMILES string of the molecule is CCCNC(=O)[C@H](Cc1ccccc1)N(Cc1cccc(OC)c1)C(=O)CCCN(c1ccccc1OC)S(C)(=O)=O. The number of methoxy groups -OCH3 is 2. The van der Waals surface area contributed by atoms with Crippen LogP contribution in [-0.4, -0.2) is 64.7 Å². The maximum absolute atomic E-state index is 13.9. The highest BCUT2D eigenvalue weighted by Gasteiger charge is 2.30. The Hall–Kier alpha value is -4.05. The van der Waals surface area contributed by atoms with E-state index in [0.717, 1.165) is 23.8 Å². The largest absolute Gasteiger partial charge is 0.497 e. The molecule has 1 N–H and O–H groups in total. The summed E-state index contributed by atoms with van der Waals surface area (Å²) in [5.74, 6) is 0.586. The summed E-state index contributed by atoms with van der Waals surface area (Å²) in [5.41, 5.74) is 2.15. The van der Waals surface area contributed by atoms with Gasteiger partial charge in [-0.15, -0.1) is 0 Å². The quantitative estimate of drug-likeness (QED) is 0.263. The van der Waals surface area contributed by atoms with Crippen molar-refractivity contribution in [1.82, 2.24) is 10.2 Å². The molecule has 3 rings (SSSR count). The molecule has 0 saturated heterocycles. The van der Waals surface area contributed by atoms with Crippen molar-refractivity contribution in [2.24, 2.45) is 0 Å². The minimum atomic E-state index is -3.66. The molecule has 0 spiro atoms. The van der Waals surface area contributed by atoms with Crippen molar-refractivity contribution >= 4 is 27.5 Å². The van der Waals surface area contributed by atoms with E-state index in [0.29, 0.717) is 30.2 Å². The number of sulfonamides is 1. The minimum absolute atomic E-state index is 0.0392. The zero-order valence-corrected chi connectivity index (χ0v) is 25.6. The molecule has 3 aromatic carbocycles. The highest BCUT2D eigenvalue weighted by atomic mass is 32.2. The van der Waals surface area contributed by atoms with Gasteiger partial charge >= 0.3 is 0 Å². The maximum atomic E-state index is 13.9. The van der Waals surface area contributed by atoms with Gasteiger partial charge in [0.2, 0.25) is 21.8 Å². The molecule has 3 aromatic rings. The number of hydrogen-bond acceptors (Lipinski definition) is 6. The number of nitrogens with zero attached hydrogens (tertiary/aromatic N) is 2. The second-order valence-corrected chi connectivity index (χ2v) is 11.9. The average Bonchev–Trinajstić information content (AvgIpc) is 2.99. The fraction of sp³-hybridized carbons (Fsp3) is 0.375. The van der Waals surface area contributed by atoms with Crippen LogP contribution in [0.2, 0.25) is 0 Å². The average molecular weight is 596 g/mol. The Labute approximate surface area is 249 Å². The number of hydrogen-bond donors (Lipinski definition) is 1. The van der Waals surface area contributed by atoms with Crippen LogP contribution >= 0.6 is 0 Å². The van der Waals surface area contributed by atoms with Crippen molar-refractivity contribution in [3.8, 4) is 11.5 Å². The highest BCUT2D eigenvalue weighted by molar-refractivity contribution is 7.92. The summed E-state index contributed by atoms with van der Waals surface area (Å²) in [4.78, 5) is 29.0. The van der Waals surface area contributed by atoms with Crippen LogP contribution in [0.3, 0.4) is 0 Å². The third-order valence-corrected chi connectivity index (χ3v) is 7.99. The first-order valence-electron chi connectivity index (χ1n) is 14.0. The summed E-state index contributed by atoms with van der Waals surface area (Å²) < 4.78 is 37.5. The van der Waals surface area contributed by atoms with Crippen LogP contribution in [0.1, 0.15) is 37.3 Å². The first-order valence-corrected chi connectivity index (χ1v) is 15.9. The van der Waals surface area contributed by atoms with Crippen molar-refractivity contribution in [3.63, 3.8) is 0 Å². The van der Waals surface area contributed by atoms with E-state index >= 15 is 0 Å². The lowest BCUT2D eigenvalue weighted by atomic mass is 10.0. The highest BCUT2D eigenvalue weighted by Crippen LogP contribution is 2.30. The number of benzene rings is 3. The Morgan fingerprint density at radius 3 is 2.26 bits per heavy atom. The third-order valence-electron chi connectivity index (χ3n) is 6.81. The number of carbonyl (C=O) groups excluding carboxylic acids is 2. The van der Waals surface area contributed by atoms with Crippen LogP contribution in [0.5, 0.6) is 11.5 Å². The Bertz CT molecular complexity index is 1410. The van der Waals surface area contributed by atoms with Crippen molar-refractivity contribution < 1.29 is 27.5 Å². The standard InChI is InChI=1S/C32H41N3O6S/c1-5-20-33-32(37)29(23-25-13-7-6-8-14-25)34(24-26-15-11-16-27(22-26)40-2)31(36)19-12-21-35(42(4,38)39)28-17-9-10-18-30(28)41-3/h6-11,13-18,22,29H,5,12,19-21,23-24H2,1-4H3,(H,33,37)/t29-/m0/s1. The molecule has 0 unspecified atom stereocenters. The molecule has 0 saturated carbocycles. The third kappa shape index (κ3) is 9.24. The summed E-state index contributed by atoms with van der Waals surface area (Å²) >= 11 is 0. The van der Waals surface area contributed by atoms with Crippen molar-refractivity contribution in [2.45, 2.75) is 45.2 Å². The zero-order chi connectivity index (χ0) is 30.5. The van der Waals surface area contributed by atoms with Gasteiger partial charge in [-0.1, -0.05) is 61.5 Å². The number of nitrogens with one attached hydrogen (secondary N) is 1. The van der Waals surface area contributed by atoms with E-state index in [2.05, 4.69) is 5.32 Å². The molecule has 0 aliphatic rings. The molecule has 0 aliphatic heterocycles. The van der Waals surface area contributed by atoms with Crippen molar-refractivity contribution in [2.75, 3.05) is 37.9 Å². The lowest BCUT2D eigenvalue weighted by Crippen LogP contribution is -2.50. The van der Waals surface area contributed by atoms with Gasteiger partial charge in [-0.2, -0.15) is 0 Å². The molecule has 0 aromatic heterocycles. The summed E-state index contributed by atoms with van der Waals surface area (Å²) in [5, 5.41) is 2.97. The van der Waals surface area contributed by atoms with Gasteiger partial charge in [0.15, 0.2) is 0 Å². The van der Waals surface area contributed by atoms with Gasteiger partial charge in [-0.05, 0) is 48.2 Å². The molecule has 0 radical (unpaired) electrons.